The predicted molar refractivity (Wildman–Crippen MR) is 113 cm³/mol. The largest absolute Gasteiger partial charge is 0.573 e. The van der Waals surface area contributed by atoms with Crippen molar-refractivity contribution < 1.29 is 42.1 Å². The van der Waals surface area contributed by atoms with E-state index >= 15 is 0 Å². The minimum Gasteiger partial charge on any atom is -0.406 e. The van der Waals surface area contributed by atoms with Crippen LogP contribution in [-0.4, -0.2) is 83.9 Å². The first kappa shape index (κ1) is 27.4. The van der Waals surface area contributed by atoms with Crippen molar-refractivity contribution in [3.63, 3.8) is 0 Å². The van der Waals surface area contributed by atoms with E-state index in [0.29, 0.717) is 32.0 Å². The average Bonchev–Trinajstić information content (AvgIpc) is 2.78. The molecule has 1 aliphatic heterocycles. The molecule has 2 atom stereocenters. The van der Waals surface area contributed by atoms with Crippen LogP contribution in [0.1, 0.15) is 25.3 Å². The minimum absolute atomic E-state index is 0.0267. The van der Waals surface area contributed by atoms with E-state index in [4.69, 9.17) is 5.11 Å². The summed E-state index contributed by atoms with van der Waals surface area (Å²) in [6, 6.07) is 1.27. The lowest BCUT2D eigenvalue weighted by Crippen LogP contribution is -2.58. The van der Waals surface area contributed by atoms with E-state index in [1.807, 2.05) is 6.92 Å². The summed E-state index contributed by atoms with van der Waals surface area (Å²) < 4.78 is 54.8. The third-order valence-corrected chi connectivity index (χ3v) is 5.30. The summed E-state index contributed by atoms with van der Waals surface area (Å²) >= 11 is 0. The van der Waals surface area contributed by atoms with Gasteiger partial charge in [0.25, 0.3) is 0 Å². The van der Waals surface area contributed by atoms with E-state index in [1.54, 1.807) is 0 Å². The number of aliphatic hydroxyl groups excluding tert-OH is 2. The molecule has 9 nitrogen and oxygen atoms in total. The molecule has 2 rings (SSSR count). The van der Waals surface area contributed by atoms with Crippen LogP contribution in [0, 0.1) is 11.7 Å². The van der Waals surface area contributed by atoms with Gasteiger partial charge in [-0.2, -0.15) is 0 Å². The summed E-state index contributed by atoms with van der Waals surface area (Å²) in [5.41, 5.74) is -0.0267. The smallest absolute Gasteiger partial charge is 0.406 e. The molecular formula is C21H30F4N4O5. The second-order valence-corrected chi connectivity index (χ2v) is 7.95. The Morgan fingerprint density at radius 2 is 1.97 bits per heavy atom. The van der Waals surface area contributed by atoms with Gasteiger partial charge in [0.05, 0.1) is 12.6 Å². The Kier molecular flexibility index (Phi) is 10.2. The molecule has 0 aromatic heterocycles. The number of amides is 4. The monoisotopic (exact) mass is 494 g/mol. The third kappa shape index (κ3) is 8.20. The number of benzene rings is 1. The van der Waals surface area contributed by atoms with Crippen LogP contribution >= 0.6 is 0 Å². The second kappa shape index (κ2) is 12.6. The van der Waals surface area contributed by atoms with Crippen molar-refractivity contribution in [1.29, 1.82) is 0 Å². The minimum atomic E-state index is -4.95. The fraction of sp³-hybridized carbons (Fsp3) is 0.619. The van der Waals surface area contributed by atoms with Gasteiger partial charge in [-0.15, -0.1) is 13.2 Å². The first-order chi connectivity index (χ1) is 16.1. The van der Waals surface area contributed by atoms with Crippen LogP contribution in [0.25, 0.3) is 0 Å². The lowest BCUT2D eigenvalue weighted by Gasteiger charge is -2.42. The van der Waals surface area contributed by atoms with Gasteiger partial charge < -0.3 is 35.4 Å². The van der Waals surface area contributed by atoms with Crippen LogP contribution in [0.3, 0.4) is 0 Å². The fourth-order valence-electron chi connectivity index (χ4n) is 3.80. The predicted octanol–water partition coefficient (Wildman–Crippen LogP) is 2.03. The van der Waals surface area contributed by atoms with Gasteiger partial charge in [-0.3, -0.25) is 0 Å². The van der Waals surface area contributed by atoms with Crippen LogP contribution < -0.4 is 15.4 Å². The molecule has 1 saturated heterocycles. The van der Waals surface area contributed by atoms with Crippen molar-refractivity contribution in [2.45, 2.75) is 38.7 Å². The molecule has 0 radical (unpaired) electrons. The SMILES string of the molecule is CCCN(C(=O)NCc1ccc(OC(F)(F)F)cc1F)C1CC(CO)CN(C(=O)NCCO)C1. The van der Waals surface area contributed by atoms with Crippen molar-refractivity contribution in [2.24, 2.45) is 5.92 Å². The van der Waals surface area contributed by atoms with E-state index in [1.165, 1.54) is 9.80 Å². The molecule has 0 aliphatic carbocycles. The van der Waals surface area contributed by atoms with E-state index < -0.39 is 36.0 Å². The molecule has 13 heteroatoms. The molecule has 1 fully saturated rings. The molecule has 1 aromatic carbocycles. The van der Waals surface area contributed by atoms with Crippen molar-refractivity contribution >= 4 is 12.1 Å². The number of urea groups is 2. The van der Waals surface area contributed by atoms with Gasteiger partial charge in [0.15, 0.2) is 0 Å². The summed E-state index contributed by atoms with van der Waals surface area (Å²) in [6.45, 7) is 2.09. The number of nitrogens with one attached hydrogen (secondary N) is 2. The molecule has 34 heavy (non-hydrogen) atoms. The van der Waals surface area contributed by atoms with Gasteiger partial charge in [0.1, 0.15) is 11.6 Å². The Morgan fingerprint density at radius 3 is 2.56 bits per heavy atom. The van der Waals surface area contributed by atoms with Crippen molar-refractivity contribution in [1.82, 2.24) is 20.4 Å². The number of halogens is 4. The topological polar surface area (TPSA) is 114 Å². The Hall–Kier alpha value is -2.80. The van der Waals surface area contributed by atoms with E-state index in [2.05, 4.69) is 15.4 Å². The number of piperidine rings is 1. The zero-order chi connectivity index (χ0) is 25.3. The summed E-state index contributed by atoms with van der Waals surface area (Å²) in [5, 5.41) is 23.7. The van der Waals surface area contributed by atoms with E-state index in [0.717, 1.165) is 12.1 Å². The summed E-state index contributed by atoms with van der Waals surface area (Å²) in [6.07, 6.45) is -3.90. The van der Waals surface area contributed by atoms with Gasteiger partial charge in [-0.25, -0.2) is 14.0 Å². The molecule has 1 heterocycles. The highest BCUT2D eigenvalue weighted by atomic mass is 19.4. The maximum Gasteiger partial charge on any atom is 0.573 e. The molecule has 1 aliphatic rings. The van der Waals surface area contributed by atoms with Gasteiger partial charge in [-0.05, 0) is 18.9 Å². The summed E-state index contributed by atoms with van der Waals surface area (Å²) in [7, 11) is 0. The van der Waals surface area contributed by atoms with Gasteiger partial charge in [0.2, 0.25) is 0 Å². The number of ether oxygens (including phenoxy) is 1. The Labute approximate surface area is 194 Å². The average molecular weight is 494 g/mol. The van der Waals surface area contributed by atoms with Crippen LogP contribution in [0.2, 0.25) is 0 Å². The molecule has 0 bridgehead atoms. The highest BCUT2D eigenvalue weighted by Crippen LogP contribution is 2.25. The van der Waals surface area contributed by atoms with Gasteiger partial charge in [0, 0.05) is 56.9 Å². The zero-order valence-electron chi connectivity index (χ0n) is 18.8. The number of nitrogens with zero attached hydrogens (tertiary/aromatic N) is 2. The molecule has 0 saturated carbocycles. The number of carbonyl (C=O) groups is 2. The first-order valence-corrected chi connectivity index (χ1v) is 10.9. The molecular weight excluding hydrogens is 464 g/mol. The number of likely N-dealkylation sites (tertiary alicyclic amines) is 1. The fourth-order valence-corrected chi connectivity index (χ4v) is 3.80. The van der Waals surface area contributed by atoms with E-state index in [9.17, 15) is 32.3 Å². The summed E-state index contributed by atoms with van der Waals surface area (Å²) in [5.74, 6) is -1.93. The highest BCUT2D eigenvalue weighted by Gasteiger charge is 2.35. The van der Waals surface area contributed by atoms with Crippen LogP contribution in [0.4, 0.5) is 27.2 Å². The van der Waals surface area contributed by atoms with Crippen molar-refractivity contribution in [2.75, 3.05) is 39.4 Å². The first-order valence-electron chi connectivity index (χ1n) is 10.9. The van der Waals surface area contributed by atoms with Crippen molar-refractivity contribution in [3.8, 4) is 5.75 Å². The standard InChI is InChI=1S/C21H30F4N4O5/c1-2-6-29(16-8-14(13-31)11-28(12-16)19(32)26-5-7-30)20(33)27-10-15-3-4-17(9-18(15)22)34-21(23,24)25/h3-4,9,14,16,30-31H,2,5-8,10-13H2,1H3,(H,26,32)(H,27,33). The molecule has 4 amide bonds. The maximum atomic E-state index is 14.2. The number of aliphatic hydroxyl groups is 2. The van der Waals surface area contributed by atoms with Crippen LogP contribution in [-0.2, 0) is 6.54 Å². The molecule has 0 spiro atoms. The lowest BCUT2D eigenvalue weighted by atomic mass is 9.94. The highest BCUT2D eigenvalue weighted by molar-refractivity contribution is 5.76. The Balaban J connectivity index is 2.07. The number of carbonyl (C=O) groups excluding carboxylic acids is 2. The molecule has 4 N–H and O–H groups in total. The Bertz CT molecular complexity index is 827. The van der Waals surface area contributed by atoms with Gasteiger partial charge >= 0.3 is 18.4 Å². The summed E-state index contributed by atoms with van der Waals surface area (Å²) in [4.78, 5) is 28.3. The van der Waals surface area contributed by atoms with Crippen LogP contribution in [0.15, 0.2) is 18.2 Å². The molecule has 2 unspecified atom stereocenters. The lowest BCUT2D eigenvalue weighted by molar-refractivity contribution is -0.274. The number of hydrogen-bond acceptors (Lipinski definition) is 5. The normalized spacial score (nSPS) is 18.4. The Morgan fingerprint density at radius 1 is 1.24 bits per heavy atom. The second-order valence-electron chi connectivity index (χ2n) is 7.95. The number of rotatable bonds is 9. The van der Waals surface area contributed by atoms with Gasteiger partial charge in [-0.1, -0.05) is 13.0 Å². The molecule has 1 aromatic rings. The number of alkyl halides is 3. The molecule has 192 valence electrons. The number of hydrogen-bond donors (Lipinski definition) is 4. The third-order valence-electron chi connectivity index (χ3n) is 5.30. The van der Waals surface area contributed by atoms with Crippen LogP contribution in [0.5, 0.6) is 5.75 Å². The van der Waals surface area contributed by atoms with Crippen molar-refractivity contribution in [3.05, 3.63) is 29.6 Å². The quantitative estimate of drug-likeness (QED) is 0.393. The van der Waals surface area contributed by atoms with E-state index in [-0.39, 0.29) is 44.3 Å². The maximum absolute atomic E-state index is 14.2. The zero-order valence-corrected chi connectivity index (χ0v) is 18.8.